The summed E-state index contributed by atoms with van der Waals surface area (Å²) in [5, 5.41) is 21.6. The molecule has 0 saturated carbocycles. The lowest BCUT2D eigenvalue weighted by Gasteiger charge is -2.23. The van der Waals surface area contributed by atoms with Crippen molar-refractivity contribution in [2.75, 3.05) is 10.6 Å². The van der Waals surface area contributed by atoms with Gasteiger partial charge in [-0.2, -0.15) is 18.3 Å². The SMILES string of the molecule is Cc1cc(C(C)(O)c2ccc3c(c2)NCc2ccc(C(F)(F)F)nc2N3)nn1C. The predicted octanol–water partition coefficient (Wildman–Crippen LogP) is 4.07. The van der Waals surface area contributed by atoms with E-state index in [2.05, 4.69) is 20.7 Å². The average Bonchev–Trinajstić information content (AvgIpc) is 2.89. The minimum Gasteiger partial charge on any atom is -0.379 e. The van der Waals surface area contributed by atoms with Crippen LogP contribution in [0.4, 0.5) is 30.4 Å². The molecule has 1 aliphatic heterocycles. The highest BCUT2D eigenvalue weighted by atomic mass is 19.4. The summed E-state index contributed by atoms with van der Waals surface area (Å²) < 4.78 is 40.7. The maximum Gasteiger partial charge on any atom is 0.433 e. The fourth-order valence-corrected chi connectivity index (χ4v) is 3.26. The summed E-state index contributed by atoms with van der Waals surface area (Å²) in [6.45, 7) is 3.86. The van der Waals surface area contributed by atoms with Crippen LogP contribution in [0.25, 0.3) is 0 Å². The van der Waals surface area contributed by atoms with Gasteiger partial charge in [-0.05, 0) is 43.7 Å². The minimum absolute atomic E-state index is 0.158. The first-order chi connectivity index (χ1) is 13.6. The van der Waals surface area contributed by atoms with Gasteiger partial charge < -0.3 is 15.7 Å². The molecule has 1 atom stereocenters. The largest absolute Gasteiger partial charge is 0.433 e. The van der Waals surface area contributed by atoms with E-state index in [1.165, 1.54) is 6.07 Å². The highest BCUT2D eigenvalue weighted by molar-refractivity contribution is 5.77. The zero-order valence-corrected chi connectivity index (χ0v) is 16.1. The Labute approximate surface area is 165 Å². The quantitative estimate of drug-likeness (QED) is 0.602. The number of pyridine rings is 1. The molecule has 4 rings (SSSR count). The number of hydrogen-bond acceptors (Lipinski definition) is 5. The highest BCUT2D eigenvalue weighted by Crippen LogP contribution is 2.37. The van der Waals surface area contributed by atoms with Gasteiger partial charge in [0, 0.05) is 24.8 Å². The van der Waals surface area contributed by atoms with Crippen molar-refractivity contribution in [1.29, 1.82) is 0 Å². The molecule has 0 saturated heterocycles. The first-order valence-corrected chi connectivity index (χ1v) is 9.02. The molecule has 3 aromatic rings. The second kappa shape index (κ2) is 6.48. The van der Waals surface area contributed by atoms with E-state index in [4.69, 9.17) is 0 Å². The van der Waals surface area contributed by atoms with Crippen molar-refractivity contribution in [2.24, 2.45) is 7.05 Å². The van der Waals surface area contributed by atoms with Crippen LogP contribution in [0.3, 0.4) is 0 Å². The molecule has 0 spiro atoms. The van der Waals surface area contributed by atoms with Gasteiger partial charge in [-0.1, -0.05) is 12.1 Å². The average molecular weight is 403 g/mol. The van der Waals surface area contributed by atoms with Gasteiger partial charge in [0.1, 0.15) is 17.1 Å². The fourth-order valence-electron chi connectivity index (χ4n) is 3.26. The molecule has 152 valence electrons. The topological polar surface area (TPSA) is 75.0 Å². The Balaban J connectivity index is 1.70. The third-order valence-electron chi connectivity index (χ3n) is 5.19. The standard InChI is InChI=1S/C20H20F3N5O/c1-11-8-17(27-28(11)3)19(2,29)13-5-6-14-15(9-13)24-10-12-4-7-16(20(21,22)23)26-18(12)25-14/h4-9,24,29H,10H2,1-3H3,(H,25,26). The smallest absolute Gasteiger partial charge is 0.379 e. The fraction of sp³-hybridized carbons (Fsp3) is 0.300. The van der Waals surface area contributed by atoms with Crippen molar-refractivity contribution >= 4 is 17.2 Å². The van der Waals surface area contributed by atoms with E-state index >= 15 is 0 Å². The summed E-state index contributed by atoms with van der Waals surface area (Å²) in [5.41, 5.74) is 1.60. The minimum atomic E-state index is -4.51. The summed E-state index contributed by atoms with van der Waals surface area (Å²) in [5.74, 6) is 0.158. The molecule has 0 aliphatic carbocycles. The molecular formula is C20H20F3N5O. The van der Waals surface area contributed by atoms with E-state index in [9.17, 15) is 18.3 Å². The third-order valence-corrected chi connectivity index (χ3v) is 5.19. The van der Waals surface area contributed by atoms with Crippen LogP contribution < -0.4 is 10.6 Å². The van der Waals surface area contributed by atoms with Crippen molar-refractivity contribution in [3.8, 4) is 0 Å². The Kier molecular flexibility index (Phi) is 4.30. The zero-order chi connectivity index (χ0) is 21.0. The number of fused-ring (bicyclic) bond motifs is 2. The molecule has 0 radical (unpaired) electrons. The van der Waals surface area contributed by atoms with Crippen molar-refractivity contribution in [2.45, 2.75) is 32.2 Å². The van der Waals surface area contributed by atoms with Gasteiger partial charge in [0.2, 0.25) is 0 Å². The summed E-state index contributed by atoms with van der Waals surface area (Å²) in [7, 11) is 1.80. The molecule has 1 aliphatic rings. The Morgan fingerprint density at radius 3 is 2.48 bits per heavy atom. The molecule has 0 bridgehead atoms. The molecular weight excluding hydrogens is 383 g/mol. The van der Waals surface area contributed by atoms with Crippen molar-refractivity contribution in [1.82, 2.24) is 14.8 Å². The predicted molar refractivity (Wildman–Crippen MR) is 103 cm³/mol. The first kappa shape index (κ1) is 19.3. The van der Waals surface area contributed by atoms with Crippen LogP contribution in [0.15, 0.2) is 36.4 Å². The summed E-state index contributed by atoms with van der Waals surface area (Å²) >= 11 is 0. The number of aryl methyl sites for hydroxylation is 2. The van der Waals surface area contributed by atoms with Crippen molar-refractivity contribution < 1.29 is 18.3 Å². The lowest BCUT2D eigenvalue weighted by Crippen LogP contribution is -2.24. The highest BCUT2D eigenvalue weighted by Gasteiger charge is 2.34. The summed E-state index contributed by atoms with van der Waals surface area (Å²) in [6.07, 6.45) is -4.51. The van der Waals surface area contributed by atoms with E-state index in [0.29, 0.717) is 34.7 Å². The lowest BCUT2D eigenvalue weighted by molar-refractivity contribution is -0.141. The van der Waals surface area contributed by atoms with Crippen LogP contribution in [-0.4, -0.2) is 19.9 Å². The van der Waals surface area contributed by atoms with Gasteiger partial charge in [-0.3, -0.25) is 4.68 Å². The van der Waals surface area contributed by atoms with Crippen LogP contribution in [0.5, 0.6) is 0 Å². The number of hydrogen-bond donors (Lipinski definition) is 3. The lowest BCUT2D eigenvalue weighted by atomic mass is 9.91. The number of halogens is 3. The number of aliphatic hydroxyl groups is 1. The van der Waals surface area contributed by atoms with Gasteiger partial charge in [0.25, 0.3) is 0 Å². The van der Waals surface area contributed by atoms with E-state index in [-0.39, 0.29) is 5.82 Å². The monoisotopic (exact) mass is 403 g/mol. The van der Waals surface area contributed by atoms with Crippen molar-refractivity contribution in [3.63, 3.8) is 0 Å². The Morgan fingerprint density at radius 1 is 1.07 bits per heavy atom. The number of benzene rings is 1. The van der Waals surface area contributed by atoms with Gasteiger partial charge >= 0.3 is 6.18 Å². The van der Waals surface area contributed by atoms with Crippen LogP contribution in [-0.2, 0) is 25.4 Å². The number of anilines is 3. The molecule has 2 aromatic heterocycles. The van der Waals surface area contributed by atoms with Gasteiger partial charge in [0.05, 0.1) is 17.1 Å². The Hall–Kier alpha value is -3.07. The normalized spacial score (nSPS) is 15.4. The molecule has 3 N–H and O–H groups in total. The Morgan fingerprint density at radius 2 is 1.83 bits per heavy atom. The molecule has 1 aromatic carbocycles. The van der Waals surface area contributed by atoms with Crippen LogP contribution in [0.1, 0.15) is 35.1 Å². The maximum atomic E-state index is 13.0. The molecule has 1 unspecified atom stereocenters. The van der Waals surface area contributed by atoms with Gasteiger partial charge in [0.15, 0.2) is 0 Å². The second-order valence-electron chi connectivity index (χ2n) is 7.31. The van der Waals surface area contributed by atoms with Crippen LogP contribution in [0, 0.1) is 6.92 Å². The maximum absolute atomic E-state index is 13.0. The molecule has 29 heavy (non-hydrogen) atoms. The number of nitrogens with zero attached hydrogens (tertiary/aromatic N) is 3. The van der Waals surface area contributed by atoms with Crippen LogP contribution >= 0.6 is 0 Å². The summed E-state index contributed by atoms with van der Waals surface area (Å²) in [4.78, 5) is 3.74. The second-order valence-corrected chi connectivity index (χ2v) is 7.31. The number of rotatable bonds is 2. The Bertz CT molecular complexity index is 1070. The number of alkyl halides is 3. The van der Waals surface area contributed by atoms with E-state index in [1.807, 2.05) is 13.0 Å². The molecule has 6 nitrogen and oxygen atoms in total. The van der Waals surface area contributed by atoms with Gasteiger partial charge in [-0.25, -0.2) is 4.98 Å². The van der Waals surface area contributed by atoms with Crippen molar-refractivity contribution in [3.05, 3.63) is 64.6 Å². The molecule has 9 heteroatoms. The molecule has 3 heterocycles. The van der Waals surface area contributed by atoms with Gasteiger partial charge in [-0.15, -0.1) is 0 Å². The van der Waals surface area contributed by atoms with Crippen LogP contribution in [0.2, 0.25) is 0 Å². The molecule has 0 amide bonds. The zero-order valence-electron chi connectivity index (χ0n) is 16.1. The van der Waals surface area contributed by atoms with E-state index in [1.54, 1.807) is 36.9 Å². The number of nitrogens with one attached hydrogen (secondary N) is 2. The third kappa shape index (κ3) is 3.42. The van der Waals surface area contributed by atoms with E-state index in [0.717, 1.165) is 11.8 Å². The summed E-state index contributed by atoms with van der Waals surface area (Å²) in [6, 6.07) is 9.39. The van der Waals surface area contributed by atoms with E-state index < -0.39 is 17.5 Å². The first-order valence-electron chi connectivity index (χ1n) is 9.02. The number of aromatic nitrogens is 3. The molecule has 0 fully saturated rings.